The first-order chi connectivity index (χ1) is 14.6. The van der Waals surface area contributed by atoms with Gasteiger partial charge in [-0.25, -0.2) is 4.79 Å². The topological polar surface area (TPSA) is 46.6 Å². The van der Waals surface area contributed by atoms with Crippen LogP contribution in [0.2, 0.25) is 0 Å². The van der Waals surface area contributed by atoms with E-state index in [1.807, 2.05) is 84.9 Å². The second-order valence-electron chi connectivity index (χ2n) is 7.71. The Labute approximate surface area is 175 Å². The molecule has 1 aliphatic carbocycles. The van der Waals surface area contributed by atoms with Crippen molar-refractivity contribution in [3.05, 3.63) is 113 Å². The number of ether oxygens (including phenoxy) is 1. The van der Waals surface area contributed by atoms with E-state index < -0.39 is 11.4 Å². The third-order valence-corrected chi connectivity index (χ3v) is 6.27. The van der Waals surface area contributed by atoms with Crippen LogP contribution in [0.4, 0.5) is 5.69 Å². The smallest absolute Gasteiger partial charge is 0.334 e. The van der Waals surface area contributed by atoms with Gasteiger partial charge in [-0.1, -0.05) is 72.8 Å². The van der Waals surface area contributed by atoms with Crippen LogP contribution in [0, 0.1) is 0 Å². The summed E-state index contributed by atoms with van der Waals surface area (Å²) in [7, 11) is 3.17. The van der Waals surface area contributed by atoms with Crippen LogP contribution in [-0.4, -0.2) is 26.0 Å². The van der Waals surface area contributed by atoms with E-state index in [2.05, 4.69) is 0 Å². The molecule has 3 aromatic carbocycles. The summed E-state index contributed by atoms with van der Waals surface area (Å²) < 4.78 is 5.18. The number of carbonyl (C=O) groups is 2. The molecule has 0 bridgehead atoms. The molecule has 1 amide bonds. The van der Waals surface area contributed by atoms with E-state index in [1.165, 1.54) is 7.11 Å². The number of hydrogen-bond donors (Lipinski definition) is 0. The van der Waals surface area contributed by atoms with Crippen LogP contribution in [0.25, 0.3) is 0 Å². The molecule has 0 fully saturated rings. The molecule has 0 N–H and O–H groups in total. The highest BCUT2D eigenvalue weighted by Crippen LogP contribution is 2.53. The first-order valence-electron chi connectivity index (χ1n) is 9.92. The van der Waals surface area contributed by atoms with Crippen LogP contribution < -0.4 is 4.90 Å². The van der Waals surface area contributed by atoms with E-state index in [9.17, 15) is 9.59 Å². The van der Waals surface area contributed by atoms with Crippen molar-refractivity contribution in [2.24, 2.45) is 0 Å². The highest BCUT2D eigenvalue weighted by Gasteiger charge is 2.54. The average molecular weight is 395 g/mol. The van der Waals surface area contributed by atoms with Crippen LogP contribution >= 0.6 is 0 Å². The first kappa shape index (κ1) is 18.4. The van der Waals surface area contributed by atoms with Gasteiger partial charge in [-0.05, 0) is 34.4 Å². The molecule has 2 atom stereocenters. The van der Waals surface area contributed by atoms with Crippen LogP contribution in [-0.2, 0) is 19.7 Å². The molecule has 5 rings (SSSR count). The van der Waals surface area contributed by atoms with Gasteiger partial charge in [0.15, 0.2) is 0 Å². The summed E-state index contributed by atoms with van der Waals surface area (Å²) >= 11 is 0. The number of carbonyl (C=O) groups excluding carboxylic acids is 2. The maximum Gasteiger partial charge on any atom is 0.334 e. The van der Waals surface area contributed by atoms with Gasteiger partial charge in [0.05, 0.1) is 7.11 Å². The SMILES string of the molecule is COC(=O)C1=C[C@]2(C(=O)N(C)c3ccccc32)c2ccccc2[C@@H]1c1ccccc1. The lowest BCUT2D eigenvalue weighted by molar-refractivity contribution is -0.136. The summed E-state index contributed by atoms with van der Waals surface area (Å²) in [6.07, 6.45) is 1.84. The van der Waals surface area contributed by atoms with Crippen LogP contribution in [0.5, 0.6) is 0 Å². The molecule has 1 heterocycles. The second-order valence-corrected chi connectivity index (χ2v) is 7.71. The van der Waals surface area contributed by atoms with Gasteiger partial charge in [-0.2, -0.15) is 0 Å². The number of fused-ring (bicyclic) bond motifs is 4. The predicted molar refractivity (Wildman–Crippen MR) is 115 cm³/mol. The maximum absolute atomic E-state index is 13.7. The summed E-state index contributed by atoms with van der Waals surface area (Å²) in [5, 5.41) is 0. The number of anilines is 1. The van der Waals surface area contributed by atoms with Crippen molar-refractivity contribution in [1.29, 1.82) is 0 Å². The number of benzene rings is 3. The minimum absolute atomic E-state index is 0.0657. The Bertz CT molecular complexity index is 1200. The molecule has 1 aliphatic heterocycles. The number of methoxy groups -OCH3 is 1. The van der Waals surface area contributed by atoms with E-state index >= 15 is 0 Å². The van der Waals surface area contributed by atoms with Gasteiger partial charge in [0.2, 0.25) is 5.91 Å². The summed E-state index contributed by atoms with van der Waals surface area (Å²) in [6, 6.07) is 25.6. The Kier molecular flexibility index (Phi) is 4.10. The normalized spacial score (nSPS) is 21.8. The number of nitrogens with zero attached hydrogens (tertiary/aromatic N) is 1. The summed E-state index contributed by atoms with van der Waals surface area (Å²) in [5.74, 6) is -0.784. The molecule has 0 saturated carbocycles. The molecule has 0 radical (unpaired) electrons. The number of para-hydroxylation sites is 1. The minimum atomic E-state index is -1.04. The summed E-state index contributed by atoms with van der Waals surface area (Å²) in [5.41, 5.74) is 4.04. The Morgan fingerprint density at radius 2 is 1.53 bits per heavy atom. The standard InChI is InChI=1S/C26H21NO3/c1-27-22-15-9-8-14-21(22)26(25(27)29)16-19(24(28)30-2)23(17-10-4-3-5-11-17)18-12-6-7-13-20(18)26/h3-16,23H,1-2H3/t23-,26-/m0/s1. The Balaban J connectivity index is 1.88. The highest BCUT2D eigenvalue weighted by atomic mass is 16.5. The second kappa shape index (κ2) is 6.70. The third-order valence-electron chi connectivity index (χ3n) is 6.27. The number of amides is 1. The van der Waals surface area contributed by atoms with Gasteiger partial charge >= 0.3 is 5.97 Å². The molecular formula is C26H21NO3. The quantitative estimate of drug-likeness (QED) is 0.611. The van der Waals surface area contributed by atoms with Gasteiger partial charge in [0.25, 0.3) is 0 Å². The lowest BCUT2D eigenvalue weighted by Gasteiger charge is -2.37. The van der Waals surface area contributed by atoms with Gasteiger partial charge in [0, 0.05) is 24.2 Å². The van der Waals surface area contributed by atoms with Crippen LogP contribution in [0.15, 0.2) is 90.5 Å². The molecule has 4 heteroatoms. The third kappa shape index (κ3) is 2.34. The van der Waals surface area contributed by atoms with E-state index in [1.54, 1.807) is 11.9 Å². The number of hydrogen-bond acceptors (Lipinski definition) is 3. The first-order valence-corrected chi connectivity index (χ1v) is 9.92. The molecule has 2 aliphatic rings. The van der Waals surface area contributed by atoms with E-state index in [0.717, 1.165) is 27.9 Å². The van der Waals surface area contributed by atoms with Crippen molar-refractivity contribution in [2.75, 3.05) is 19.1 Å². The van der Waals surface area contributed by atoms with Gasteiger partial charge in [-0.15, -0.1) is 0 Å². The average Bonchev–Trinajstić information content (AvgIpc) is 3.02. The fourth-order valence-electron chi connectivity index (χ4n) is 4.96. The molecule has 148 valence electrons. The Hall–Kier alpha value is -3.66. The van der Waals surface area contributed by atoms with Gasteiger partial charge in [-0.3, -0.25) is 4.79 Å². The van der Waals surface area contributed by atoms with E-state index in [-0.39, 0.29) is 11.8 Å². The molecule has 4 nitrogen and oxygen atoms in total. The molecule has 0 aromatic heterocycles. The summed E-state index contributed by atoms with van der Waals surface area (Å²) in [6.45, 7) is 0. The van der Waals surface area contributed by atoms with Crippen molar-refractivity contribution < 1.29 is 14.3 Å². The van der Waals surface area contributed by atoms with Crippen LogP contribution in [0.3, 0.4) is 0 Å². The molecule has 0 saturated heterocycles. The molecule has 3 aromatic rings. The van der Waals surface area contributed by atoms with Crippen molar-refractivity contribution in [3.63, 3.8) is 0 Å². The lowest BCUT2D eigenvalue weighted by atomic mass is 9.64. The zero-order chi connectivity index (χ0) is 20.9. The van der Waals surface area contributed by atoms with E-state index in [4.69, 9.17) is 4.74 Å². The number of esters is 1. The Morgan fingerprint density at radius 1 is 0.900 bits per heavy atom. The number of rotatable bonds is 2. The molecular weight excluding hydrogens is 374 g/mol. The molecule has 0 unspecified atom stereocenters. The van der Waals surface area contributed by atoms with Crippen molar-refractivity contribution >= 4 is 17.6 Å². The van der Waals surface area contributed by atoms with Crippen molar-refractivity contribution in [3.8, 4) is 0 Å². The zero-order valence-electron chi connectivity index (χ0n) is 16.8. The van der Waals surface area contributed by atoms with Crippen molar-refractivity contribution in [2.45, 2.75) is 11.3 Å². The lowest BCUT2D eigenvalue weighted by Crippen LogP contribution is -2.42. The van der Waals surface area contributed by atoms with Gasteiger partial charge < -0.3 is 9.64 Å². The minimum Gasteiger partial charge on any atom is -0.466 e. The highest BCUT2D eigenvalue weighted by molar-refractivity contribution is 6.13. The largest absolute Gasteiger partial charge is 0.466 e. The number of likely N-dealkylation sites (N-methyl/N-ethyl adjacent to an activating group) is 1. The molecule has 1 spiro atoms. The maximum atomic E-state index is 13.7. The fraction of sp³-hybridized carbons (Fsp3) is 0.154. The summed E-state index contributed by atoms with van der Waals surface area (Å²) in [4.78, 5) is 28.4. The Morgan fingerprint density at radius 3 is 2.27 bits per heavy atom. The predicted octanol–water partition coefficient (Wildman–Crippen LogP) is 4.19. The van der Waals surface area contributed by atoms with Crippen molar-refractivity contribution in [1.82, 2.24) is 0 Å². The van der Waals surface area contributed by atoms with E-state index in [0.29, 0.717) is 5.57 Å². The monoisotopic (exact) mass is 395 g/mol. The molecule has 30 heavy (non-hydrogen) atoms. The van der Waals surface area contributed by atoms with Gasteiger partial charge in [0.1, 0.15) is 5.41 Å². The zero-order valence-corrected chi connectivity index (χ0v) is 16.8. The fourth-order valence-corrected chi connectivity index (χ4v) is 4.96. The van der Waals surface area contributed by atoms with Crippen LogP contribution in [0.1, 0.15) is 28.2 Å².